The number of rotatable bonds is 5. The molecule has 0 atom stereocenters. The molecule has 0 heterocycles. The summed E-state index contributed by atoms with van der Waals surface area (Å²) in [5.74, 6) is 1.95. The molecule has 0 unspecified atom stereocenters. The number of hydrogen-bond donors (Lipinski definition) is 0. The molecule has 26 heavy (non-hydrogen) atoms. The first-order chi connectivity index (χ1) is 12.6. The van der Waals surface area contributed by atoms with Crippen LogP contribution < -0.4 is 0 Å². The Balaban J connectivity index is 1.50. The summed E-state index contributed by atoms with van der Waals surface area (Å²) in [7, 11) is 0. The molecule has 1 aromatic rings. The van der Waals surface area contributed by atoms with Crippen molar-refractivity contribution in [1.29, 1.82) is 0 Å². The minimum absolute atomic E-state index is 0.593. The van der Waals surface area contributed by atoms with Gasteiger partial charge >= 0.3 is 0 Å². The summed E-state index contributed by atoms with van der Waals surface area (Å²) in [6.45, 7) is 4.33. The van der Waals surface area contributed by atoms with Gasteiger partial charge in [-0.2, -0.15) is 0 Å². The number of benzene rings is 1. The van der Waals surface area contributed by atoms with Gasteiger partial charge < -0.3 is 0 Å². The molecule has 2 aliphatic carbocycles. The lowest BCUT2D eigenvalue weighted by Gasteiger charge is -2.37. The zero-order valence-corrected chi connectivity index (χ0v) is 16.4. The third-order valence-corrected chi connectivity index (χ3v) is 6.93. The highest BCUT2D eigenvalue weighted by Gasteiger charge is 2.30. The van der Waals surface area contributed by atoms with E-state index < -0.39 is 11.6 Å². The summed E-state index contributed by atoms with van der Waals surface area (Å²) in [5.41, 5.74) is 1.88. The Labute approximate surface area is 158 Å². The van der Waals surface area contributed by atoms with Crippen LogP contribution in [0, 0.1) is 35.3 Å². The molecule has 3 rings (SSSR count). The minimum atomic E-state index is -0.768. The van der Waals surface area contributed by atoms with Gasteiger partial charge in [0.15, 0.2) is 11.6 Å². The van der Waals surface area contributed by atoms with Crippen LogP contribution in [0.3, 0.4) is 0 Å². The van der Waals surface area contributed by atoms with Gasteiger partial charge in [0, 0.05) is 0 Å². The van der Waals surface area contributed by atoms with Gasteiger partial charge in [-0.15, -0.1) is 0 Å². The Hall–Kier alpha value is -1.18. The predicted molar refractivity (Wildman–Crippen MR) is 106 cm³/mol. The van der Waals surface area contributed by atoms with Crippen LogP contribution in [0.15, 0.2) is 24.3 Å². The Morgan fingerprint density at radius 2 is 1.54 bits per heavy atom. The van der Waals surface area contributed by atoms with Crippen LogP contribution in [0.5, 0.6) is 0 Å². The molecule has 0 aliphatic heterocycles. The van der Waals surface area contributed by atoms with E-state index in [-0.39, 0.29) is 0 Å². The molecule has 0 amide bonds. The molecule has 2 fully saturated rings. The number of allylic oxidation sites excluding steroid dienone is 2. The van der Waals surface area contributed by atoms with Crippen molar-refractivity contribution < 1.29 is 8.78 Å². The fourth-order valence-electron chi connectivity index (χ4n) is 5.33. The molecule has 0 spiro atoms. The first-order valence-corrected chi connectivity index (χ1v) is 10.7. The van der Waals surface area contributed by atoms with Crippen molar-refractivity contribution >= 4 is 5.57 Å². The van der Waals surface area contributed by atoms with Crippen LogP contribution in [0.2, 0.25) is 0 Å². The van der Waals surface area contributed by atoms with Crippen LogP contribution in [0.4, 0.5) is 8.78 Å². The van der Waals surface area contributed by atoms with Gasteiger partial charge in [0.1, 0.15) is 0 Å². The molecule has 0 nitrogen and oxygen atoms in total. The Morgan fingerprint density at radius 3 is 2.12 bits per heavy atom. The zero-order valence-electron chi connectivity index (χ0n) is 16.4. The first-order valence-electron chi connectivity index (χ1n) is 10.7. The molecular weight excluding hydrogens is 326 g/mol. The predicted octanol–water partition coefficient (Wildman–Crippen LogP) is 7.78. The molecule has 144 valence electrons. The van der Waals surface area contributed by atoms with E-state index in [9.17, 15) is 8.78 Å². The summed E-state index contributed by atoms with van der Waals surface area (Å²) >= 11 is 0. The average molecular weight is 361 g/mol. The highest BCUT2D eigenvalue weighted by molar-refractivity contribution is 5.63. The summed E-state index contributed by atoms with van der Waals surface area (Å²) in [5, 5.41) is 0. The van der Waals surface area contributed by atoms with E-state index in [0.717, 1.165) is 28.9 Å². The largest absolute Gasteiger partial charge is 0.204 e. The molecule has 2 heteroatoms. The highest BCUT2D eigenvalue weighted by atomic mass is 19.2. The molecule has 2 saturated carbocycles. The molecule has 0 aromatic heterocycles. The van der Waals surface area contributed by atoms with E-state index in [1.54, 1.807) is 6.07 Å². The van der Waals surface area contributed by atoms with Crippen molar-refractivity contribution in [3.8, 4) is 0 Å². The average Bonchev–Trinajstić information content (AvgIpc) is 2.65. The highest BCUT2D eigenvalue weighted by Crippen LogP contribution is 2.42. The quantitative estimate of drug-likeness (QED) is 0.503. The fourth-order valence-corrected chi connectivity index (χ4v) is 5.33. The van der Waals surface area contributed by atoms with Gasteiger partial charge in [-0.3, -0.25) is 0 Å². The summed E-state index contributed by atoms with van der Waals surface area (Å²) in [6, 6.07) is 4.24. The molecule has 0 saturated heterocycles. The second-order valence-corrected chi connectivity index (χ2v) is 8.72. The maximum absolute atomic E-state index is 13.4. The van der Waals surface area contributed by atoms with E-state index in [4.69, 9.17) is 0 Å². The number of hydrogen-bond acceptors (Lipinski definition) is 0. The van der Waals surface area contributed by atoms with E-state index in [0.29, 0.717) is 5.92 Å². The SMILES string of the molecule is CCCC1CCC(C2CCC(/C=C(\C)c3ccc(F)c(F)c3)CC2)CC1. The smallest absolute Gasteiger partial charge is 0.159 e. The van der Waals surface area contributed by atoms with Crippen molar-refractivity contribution in [1.82, 2.24) is 0 Å². The standard InChI is InChI=1S/C24H34F2/c1-3-4-18-5-9-20(10-6-18)21-11-7-19(8-12-21)15-17(2)22-13-14-23(25)24(26)16-22/h13-16,18-21H,3-12H2,1-2H3/b17-15+. The monoisotopic (exact) mass is 360 g/mol. The Kier molecular flexibility index (Phi) is 6.89. The summed E-state index contributed by atoms with van der Waals surface area (Å²) < 4.78 is 26.6. The van der Waals surface area contributed by atoms with Crippen molar-refractivity contribution in [3.05, 3.63) is 41.5 Å². The van der Waals surface area contributed by atoms with E-state index in [2.05, 4.69) is 13.0 Å². The molecule has 0 N–H and O–H groups in total. The second kappa shape index (κ2) is 9.15. The second-order valence-electron chi connectivity index (χ2n) is 8.72. The Morgan fingerprint density at radius 1 is 0.923 bits per heavy atom. The van der Waals surface area contributed by atoms with Crippen LogP contribution in [-0.4, -0.2) is 0 Å². The van der Waals surface area contributed by atoms with Crippen molar-refractivity contribution in [2.75, 3.05) is 0 Å². The summed E-state index contributed by atoms with van der Waals surface area (Å²) in [4.78, 5) is 0. The maximum Gasteiger partial charge on any atom is 0.159 e. The number of halogens is 2. The summed E-state index contributed by atoms with van der Waals surface area (Å²) in [6.07, 6.45) is 16.0. The third kappa shape index (κ3) is 4.96. The van der Waals surface area contributed by atoms with Crippen LogP contribution in [-0.2, 0) is 0 Å². The zero-order chi connectivity index (χ0) is 18.5. The van der Waals surface area contributed by atoms with Crippen LogP contribution >= 0.6 is 0 Å². The molecule has 1 aromatic carbocycles. The molecular formula is C24H34F2. The lowest BCUT2D eigenvalue weighted by Crippen LogP contribution is -2.25. The van der Waals surface area contributed by atoms with Crippen molar-refractivity contribution in [2.24, 2.45) is 23.7 Å². The van der Waals surface area contributed by atoms with Gasteiger partial charge in [0.05, 0.1) is 0 Å². The van der Waals surface area contributed by atoms with Gasteiger partial charge in [-0.05, 0) is 92.4 Å². The molecule has 0 radical (unpaired) electrons. The topological polar surface area (TPSA) is 0 Å². The van der Waals surface area contributed by atoms with Crippen LogP contribution in [0.25, 0.3) is 5.57 Å². The molecule has 0 bridgehead atoms. The Bertz CT molecular complexity index is 603. The van der Waals surface area contributed by atoms with Crippen molar-refractivity contribution in [3.63, 3.8) is 0 Å². The lowest BCUT2D eigenvalue weighted by atomic mass is 9.68. The fraction of sp³-hybridized carbons (Fsp3) is 0.667. The van der Waals surface area contributed by atoms with Gasteiger partial charge in [0.2, 0.25) is 0 Å². The van der Waals surface area contributed by atoms with E-state index in [1.807, 2.05) is 6.92 Å². The van der Waals surface area contributed by atoms with Gasteiger partial charge in [0.25, 0.3) is 0 Å². The minimum Gasteiger partial charge on any atom is -0.204 e. The first kappa shape index (κ1) is 19.6. The van der Waals surface area contributed by atoms with Crippen molar-refractivity contribution in [2.45, 2.75) is 78.1 Å². The maximum atomic E-state index is 13.4. The normalized spacial score (nSPS) is 30.4. The van der Waals surface area contributed by atoms with E-state index in [1.165, 1.54) is 76.3 Å². The van der Waals surface area contributed by atoms with E-state index >= 15 is 0 Å². The van der Waals surface area contributed by atoms with Gasteiger partial charge in [-0.25, -0.2) is 8.78 Å². The van der Waals surface area contributed by atoms with Gasteiger partial charge in [-0.1, -0.05) is 44.7 Å². The third-order valence-electron chi connectivity index (χ3n) is 6.93. The molecule has 2 aliphatic rings. The van der Waals surface area contributed by atoms with Crippen LogP contribution in [0.1, 0.15) is 83.6 Å². The lowest BCUT2D eigenvalue weighted by molar-refractivity contribution is 0.152.